The maximum absolute atomic E-state index is 12.3. The van der Waals surface area contributed by atoms with Gasteiger partial charge in [-0.05, 0) is 42.7 Å². The Morgan fingerprint density at radius 1 is 1.43 bits per heavy atom. The molecule has 1 unspecified atom stereocenters. The number of aryl methyl sites for hydroxylation is 1. The van der Waals surface area contributed by atoms with Crippen molar-refractivity contribution in [2.75, 3.05) is 0 Å². The lowest BCUT2D eigenvalue weighted by molar-refractivity contribution is 0.0948. The lowest BCUT2D eigenvalue weighted by atomic mass is 10.0. The zero-order valence-electron chi connectivity index (χ0n) is 13.1. The molecule has 4 rings (SSSR count). The molecule has 5 nitrogen and oxygen atoms in total. The average molecular weight is 309 g/mol. The van der Waals surface area contributed by atoms with Gasteiger partial charge in [0.2, 0.25) is 0 Å². The molecule has 1 atom stereocenters. The lowest BCUT2D eigenvalue weighted by Gasteiger charge is -2.19. The number of carbonyl (C=O) groups excluding carboxylic acids is 1. The Bertz CT molecular complexity index is 849. The Balaban J connectivity index is 1.57. The number of benzene rings is 1. The minimum Gasteiger partial charge on any atom is -0.467 e. The van der Waals surface area contributed by atoms with Crippen molar-refractivity contribution in [1.82, 2.24) is 14.9 Å². The van der Waals surface area contributed by atoms with Gasteiger partial charge in [0.1, 0.15) is 11.6 Å². The summed E-state index contributed by atoms with van der Waals surface area (Å²) >= 11 is 0. The minimum atomic E-state index is -0.109. The third kappa shape index (κ3) is 2.63. The average Bonchev–Trinajstić information content (AvgIpc) is 3.18. The molecule has 1 amide bonds. The van der Waals surface area contributed by atoms with Crippen molar-refractivity contribution in [3.8, 4) is 0 Å². The highest BCUT2D eigenvalue weighted by Gasteiger charge is 2.19. The summed E-state index contributed by atoms with van der Waals surface area (Å²) in [6, 6.07) is 9.40. The number of imidazole rings is 1. The van der Waals surface area contributed by atoms with E-state index in [0.29, 0.717) is 18.0 Å². The summed E-state index contributed by atoms with van der Waals surface area (Å²) in [5.41, 5.74) is 2.65. The van der Waals surface area contributed by atoms with Gasteiger partial charge in [0, 0.05) is 18.5 Å². The Morgan fingerprint density at radius 2 is 2.35 bits per heavy atom. The maximum atomic E-state index is 12.3. The molecule has 0 saturated heterocycles. The molecule has 0 fully saturated rings. The number of furan rings is 1. The van der Waals surface area contributed by atoms with Crippen LogP contribution in [-0.4, -0.2) is 15.5 Å². The van der Waals surface area contributed by atoms with E-state index < -0.39 is 0 Å². The highest BCUT2D eigenvalue weighted by atomic mass is 16.3. The lowest BCUT2D eigenvalue weighted by Crippen LogP contribution is -2.22. The van der Waals surface area contributed by atoms with E-state index in [9.17, 15) is 4.79 Å². The molecule has 0 radical (unpaired) electrons. The van der Waals surface area contributed by atoms with E-state index in [1.165, 1.54) is 6.42 Å². The molecule has 0 aliphatic carbocycles. The van der Waals surface area contributed by atoms with Crippen LogP contribution in [0.15, 0.2) is 41.0 Å². The molecule has 1 aliphatic heterocycles. The molecule has 0 saturated carbocycles. The summed E-state index contributed by atoms with van der Waals surface area (Å²) in [5, 5.41) is 2.87. The first kappa shape index (κ1) is 14.1. The largest absolute Gasteiger partial charge is 0.467 e. The van der Waals surface area contributed by atoms with Gasteiger partial charge in [-0.3, -0.25) is 4.79 Å². The predicted octanol–water partition coefficient (Wildman–Crippen LogP) is 3.14. The molecular formula is C18H19N3O2. The van der Waals surface area contributed by atoms with Crippen molar-refractivity contribution in [2.45, 2.75) is 32.9 Å². The molecule has 5 heteroatoms. The van der Waals surface area contributed by atoms with E-state index >= 15 is 0 Å². The molecule has 1 aliphatic rings. The zero-order chi connectivity index (χ0) is 15.8. The second-order valence-corrected chi connectivity index (χ2v) is 6.24. The highest BCUT2D eigenvalue weighted by molar-refractivity contribution is 5.97. The van der Waals surface area contributed by atoms with Gasteiger partial charge in [0.25, 0.3) is 5.91 Å². The summed E-state index contributed by atoms with van der Waals surface area (Å²) in [6.45, 7) is 3.66. The van der Waals surface area contributed by atoms with Crippen molar-refractivity contribution in [2.24, 2.45) is 5.92 Å². The van der Waals surface area contributed by atoms with Gasteiger partial charge in [-0.1, -0.05) is 6.92 Å². The van der Waals surface area contributed by atoms with Crippen LogP contribution in [0, 0.1) is 5.92 Å². The Hall–Kier alpha value is -2.56. The van der Waals surface area contributed by atoms with Gasteiger partial charge in [-0.25, -0.2) is 4.98 Å². The number of nitrogens with zero attached hydrogens (tertiary/aromatic N) is 2. The van der Waals surface area contributed by atoms with Crippen molar-refractivity contribution in [3.05, 3.63) is 53.7 Å². The van der Waals surface area contributed by atoms with Crippen LogP contribution in [0.3, 0.4) is 0 Å². The normalized spacial score (nSPS) is 17.2. The van der Waals surface area contributed by atoms with Crippen LogP contribution in [0.25, 0.3) is 11.0 Å². The van der Waals surface area contributed by atoms with Gasteiger partial charge in [-0.2, -0.15) is 0 Å². The predicted molar refractivity (Wildman–Crippen MR) is 87.1 cm³/mol. The fourth-order valence-corrected chi connectivity index (χ4v) is 3.17. The monoisotopic (exact) mass is 309 g/mol. The van der Waals surface area contributed by atoms with Gasteiger partial charge < -0.3 is 14.3 Å². The van der Waals surface area contributed by atoms with Crippen LogP contribution in [0.5, 0.6) is 0 Å². The van der Waals surface area contributed by atoms with Crippen LogP contribution in [0.1, 0.15) is 35.3 Å². The summed E-state index contributed by atoms with van der Waals surface area (Å²) < 4.78 is 7.50. The topological polar surface area (TPSA) is 60.1 Å². The van der Waals surface area contributed by atoms with E-state index in [1.54, 1.807) is 6.26 Å². The van der Waals surface area contributed by atoms with Crippen LogP contribution in [0.2, 0.25) is 0 Å². The van der Waals surface area contributed by atoms with Crippen molar-refractivity contribution in [3.63, 3.8) is 0 Å². The van der Waals surface area contributed by atoms with Gasteiger partial charge >= 0.3 is 0 Å². The summed E-state index contributed by atoms with van der Waals surface area (Å²) in [6.07, 6.45) is 3.79. The Labute approximate surface area is 134 Å². The molecule has 0 bridgehead atoms. The SMILES string of the molecule is CC1CCn2c(nc3cc(C(=O)NCc4ccco4)ccc32)C1. The van der Waals surface area contributed by atoms with E-state index in [1.807, 2.05) is 30.3 Å². The number of rotatable bonds is 3. The van der Waals surface area contributed by atoms with Crippen molar-refractivity contribution >= 4 is 16.9 Å². The number of nitrogens with one attached hydrogen (secondary N) is 1. The molecule has 118 valence electrons. The molecule has 1 N–H and O–H groups in total. The van der Waals surface area contributed by atoms with Crippen LogP contribution in [-0.2, 0) is 19.5 Å². The third-order valence-corrected chi connectivity index (χ3v) is 4.47. The van der Waals surface area contributed by atoms with E-state index in [2.05, 4.69) is 16.8 Å². The van der Waals surface area contributed by atoms with Crippen molar-refractivity contribution in [1.29, 1.82) is 0 Å². The molecule has 2 aromatic heterocycles. The number of fused-ring (bicyclic) bond motifs is 3. The van der Waals surface area contributed by atoms with E-state index in [-0.39, 0.29) is 5.91 Å². The fraction of sp³-hybridized carbons (Fsp3) is 0.333. The number of hydrogen-bond donors (Lipinski definition) is 1. The molecule has 0 spiro atoms. The maximum Gasteiger partial charge on any atom is 0.251 e. The molecule has 3 aromatic rings. The highest BCUT2D eigenvalue weighted by Crippen LogP contribution is 2.25. The summed E-state index contributed by atoms with van der Waals surface area (Å²) in [5.74, 6) is 2.44. The van der Waals surface area contributed by atoms with Crippen LogP contribution < -0.4 is 5.32 Å². The molecule has 1 aromatic carbocycles. The first-order valence-electron chi connectivity index (χ1n) is 8.00. The quantitative estimate of drug-likeness (QED) is 0.808. The van der Waals surface area contributed by atoms with Crippen molar-refractivity contribution < 1.29 is 9.21 Å². The smallest absolute Gasteiger partial charge is 0.251 e. The fourth-order valence-electron chi connectivity index (χ4n) is 3.17. The Kier molecular flexibility index (Phi) is 3.41. The van der Waals surface area contributed by atoms with Crippen LogP contribution in [0.4, 0.5) is 0 Å². The minimum absolute atomic E-state index is 0.109. The first-order valence-corrected chi connectivity index (χ1v) is 8.00. The number of aromatic nitrogens is 2. The molecular weight excluding hydrogens is 290 g/mol. The zero-order valence-corrected chi connectivity index (χ0v) is 13.1. The number of hydrogen-bond acceptors (Lipinski definition) is 3. The van der Waals surface area contributed by atoms with E-state index in [0.717, 1.165) is 35.6 Å². The first-order chi connectivity index (χ1) is 11.2. The van der Waals surface area contributed by atoms with E-state index in [4.69, 9.17) is 9.40 Å². The molecule has 23 heavy (non-hydrogen) atoms. The number of carbonyl (C=O) groups is 1. The molecule has 3 heterocycles. The standard InChI is InChI=1S/C18H19N3O2/c1-12-6-7-21-16-5-4-13(10-15(16)20-17(21)9-12)18(22)19-11-14-3-2-8-23-14/h2-5,8,10,12H,6-7,9,11H2,1H3,(H,19,22). The van der Waals surface area contributed by atoms with Crippen LogP contribution >= 0.6 is 0 Å². The van der Waals surface area contributed by atoms with Gasteiger partial charge in [0.05, 0.1) is 23.8 Å². The third-order valence-electron chi connectivity index (χ3n) is 4.47. The summed E-state index contributed by atoms with van der Waals surface area (Å²) in [4.78, 5) is 17.0. The summed E-state index contributed by atoms with van der Waals surface area (Å²) in [7, 11) is 0. The second kappa shape index (κ2) is 5.57. The number of amides is 1. The Morgan fingerprint density at radius 3 is 3.17 bits per heavy atom. The van der Waals surface area contributed by atoms with Gasteiger partial charge in [0.15, 0.2) is 0 Å². The second-order valence-electron chi connectivity index (χ2n) is 6.24. The van der Waals surface area contributed by atoms with Gasteiger partial charge in [-0.15, -0.1) is 0 Å².